The van der Waals surface area contributed by atoms with Gasteiger partial charge in [0, 0.05) is 26.6 Å². The monoisotopic (exact) mass is 328 g/mol. The molecule has 0 bridgehead atoms. The fourth-order valence-electron chi connectivity index (χ4n) is 4.34. The summed E-state index contributed by atoms with van der Waals surface area (Å²) in [7, 11) is 1.90. The van der Waals surface area contributed by atoms with Crippen molar-refractivity contribution < 1.29 is 4.79 Å². The molecule has 2 aliphatic heterocycles. The first-order valence-corrected chi connectivity index (χ1v) is 8.89. The van der Waals surface area contributed by atoms with Crippen molar-refractivity contribution in [3.05, 3.63) is 12.5 Å². The lowest BCUT2D eigenvalue weighted by Crippen LogP contribution is -2.48. The minimum atomic E-state index is 0.276. The summed E-state index contributed by atoms with van der Waals surface area (Å²) < 4.78 is 1.79. The Morgan fingerprint density at radius 3 is 2.83 bits per heavy atom. The quantitative estimate of drug-likeness (QED) is 0.858. The van der Waals surface area contributed by atoms with Crippen molar-refractivity contribution in [1.29, 1.82) is 0 Å². The van der Waals surface area contributed by atoms with Crippen LogP contribution in [0.2, 0.25) is 0 Å². The van der Waals surface area contributed by atoms with Gasteiger partial charge in [0.15, 0.2) is 5.65 Å². The van der Waals surface area contributed by atoms with E-state index >= 15 is 0 Å². The van der Waals surface area contributed by atoms with Crippen LogP contribution in [0.3, 0.4) is 0 Å². The van der Waals surface area contributed by atoms with E-state index < -0.39 is 0 Å². The van der Waals surface area contributed by atoms with Gasteiger partial charge in [-0.05, 0) is 25.7 Å². The Bertz CT molecular complexity index is 757. The van der Waals surface area contributed by atoms with E-state index in [4.69, 9.17) is 0 Å². The summed E-state index contributed by atoms with van der Waals surface area (Å²) >= 11 is 0. The molecule has 0 spiro atoms. The molecule has 2 saturated heterocycles. The number of fused-ring (bicyclic) bond motifs is 1. The Hall–Kier alpha value is -2.18. The van der Waals surface area contributed by atoms with E-state index in [2.05, 4.69) is 24.9 Å². The van der Waals surface area contributed by atoms with E-state index in [1.165, 1.54) is 0 Å². The maximum atomic E-state index is 12.3. The average Bonchev–Trinajstić information content (AvgIpc) is 3.33. The number of hydrogen-bond donors (Lipinski definition) is 0. The molecule has 0 N–H and O–H groups in total. The van der Waals surface area contributed by atoms with Crippen LogP contribution in [0.4, 0.5) is 5.82 Å². The molecule has 0 aromatic carbocycles. The highest BCUT2D eigenvalue weighted by Crippen LogP contribution is 2.35. The molecule has 0 saturated carbocycles. The van der Waals surface area contributed by atoms with Gasteiger partial charge in [-0.25, -0.2) is 9.97 Å². The Morgan fingerprint density at radius 1 is 1.21 bits per heavy atom. The second-order valence-electron chi connectivity index (χ2n) is 6.76. The van der Waals surface area contributed by atoms with Crippen LogP contribution in [0.25, 0.3) is 11.0 Å². The largest absolute Gasteiger partial charge is 0.351 e. The van der Waals surface area contributed by atoms with E-state index in [9.17, 15) is 4.79 Å². The Kier molecular flexibility index (Phi) is 3.86. The third-order valence-electron chi connectivity index (χ3n) is 5.45. The number of likely N-dealkylation sites (tertiary alicyclic amines) is 1. The van der Waals surface area contributed by atoms with Crippen molar-refractivity contribution in [2.75, 3.05) is 18.0 Å². The number of carbonyl (C=O) groups is 1. The van der Waals surface area contributed by atoms with Crippen molar-refractivity contribution in [2.24, 2.45) is 7.05 Å². The van der Waals surface area contributed by atoms with Crippen LogP contribution in [0.5, 0.6) is 0 Å². The predicted octanol–water partition coefficient (Wildman–Crippen LogP) is 1.73. The lowest BCUT2D eigenvalue weighted by Gasteiger charge is -2.35. The second-order valence-corrected chi connectivity index (χ2v) is 6.76. The van der Waals surface area contributed by atoms with Gasteiger partial charge in [-0.2, -0.15) is 5.10 Å². The molecule has 2 aliphatic rings. The normalized spacial score (nSPS) is 24.2. The van der Waals surface area contributed by atoms with Gasteiger partial charge in [0.1, 0.15) is 12.1 Å². The third-order valence-corrected chi connectivity index (χ3v) is 5.45. The molecule has 4 heterocycles. The van der Waals surface area contributed by atoms with E-state index in [-0.39, 0.29) is 5.91 Å². The minimum Gasteiger partial charge on any atom is -0.351 e. The van der Waals surface area contributed by atoms with Gasteiger partial charge in [0.25, 0.3) is 0 Å². The molecule has 2 atom stereocenters. The molecule has 0 aliphatic carbocycles. The SMILES string of the molecule is CCC(=O)N1CCC[C@@H]1[C@H]1CCCN1c1ncnc2c1cnn2C. The number of hydrogen-bond acceptors (Lipinski definition) is 5. The van der Waals surface area contributed by atoms with Crippen molar-refractivity contribution in [3.63, 3.8) is 0 Å². The number of aryl methyl sites for hydroxylation is 1. The van der Waals surface area contributed by atoms with Crippen molar-refractivity contribution >= 4 is 22.8 Å². The molecule has 2 aromatic heterocycles. The van der Waals surface area contributed by atoms with E-state index in [0.29, 0.717) is 18.5 Å². The standard InChI is InChI=1S/C17H24N6O/c1-3-15(24)22-8-4-6-13(22)14-7-5-9-23(14)17-12-10-20-21(2)16(12)18-11-19-17/h10-11,13-14H,3-9H2,1-2H3/t13-,14-/m1/s1. The molecule has 7 heteroatoms. The fraction of sp³-hybridized carbons (Fsp3) is 0.647. The minimum absolute atomic E-state index is 0.276. The molecule has 2 fully saturated rings. The van der Waals surface area contributed by atoms with E-state index in [1.807, 2.05) is 20.2 Å². The van der Waals surface area contributed by atoms with Gasteiger partial charge in [0.05, 0.1) is 23.7 Å². The van der Waals surface area contributed by atoms with Gasteiger partial charge in [0.2, 0.25) is 5.91 Å². The van der Waals surface area contributed by atoms with Crippen LogP contribution in [0, 0.1) is 0 Å². The van der Waals surface area contributed by atoms with E-state index in [0.717, 1.165) is 55.6 Å². The average molecular weight is 328 g/mol. The summed E-state index contributed by atoms with van der Waals surface area (Å²) in [6, 6.07) is 0.656. The third kappa shape index (κ3) is 2.34. The topological polar surface area (TPSA) is 67.2 Å². The lowest BCUT2D eigenvalue weighted by molar-refractivity contribution is -0.132. The van der Waals surface area contributed by atoms with Crippen LogP contribution < -0.4 is 4.90 Å². The van der Waals surface area contributed by atoms with Gasteiger partial charge >= 0.3 is 0 Å². The maximum Gasteiger partial charge on any atom is 0.222 e. The van der Waals surface area contributed by atoms with Crippen LogP contribution in [0.15, 0.2) is 12.5 Å². The van der Waals surface area contributed by atoms with E-state index in [1.54, 1.807) is 11.0 Å². The lowest BCUT2D eigenvalue weighted by atomic mass is 10.0. The first kappa shape index (κ1) is 15.4. The molecule has 2 aromatic rings. The fourth-order valence-corrected chi connectivity index (χ4v) is 4.34. The van der Waals surface area contributed by atoms with Crippen molar-refractivity contribution in [1.82, 2.24) is 24.6 Å². The summed E-state index contributed by atoms with van der Waals surface area (Å²) in [5.74, 6) is 1.24. The number of rotatable bonds is 3. The predicted molar refractivity (Wildman–Crippen MR) is 91.7 cm³/mol. The summed E-state index contributed by atoms with van der Waals surface area (Å²) in [5.41, 5.74) is 0.860. The smallest absolute Gasteiger partial charge is 0.222 e. The summed E-state index contributed by atoms with van der Waals surface area (Å²) in [6.07, 6.45) is 8.51. The molecule has 0 radical (unpaired) electrons. The molecular formula is C17H24N6O. The highest BCUT2D eigenvalue weighted by atomic mass is 16.2. The molecule has 1 amide bonds. The van der Waals surface area contributed by atoms with Crippen molar-refractivity contribution in [2.45, 2.75) is 51.1 Å². The molecule has 128 valence electrons. The van der Waals surface area contributed by atoms with Crippen LogP contribution >= 0.6 is 0 Å². The second kappa shape index (κ2) is 6.03. The highest BCUT2D eigenvalue weighted by molar-refractivity contribution is 5.87. The molecule has 4 rings (SSSR count). The number of anilines is 1. The molecule has 24 heavy (non-hydrogen) atoms. The van der Waals surface area contributed by atoms with Crippen LogP contribution in [0.1, 0.15) is 39.0 Å². The number of nitrogens with zero attached hydrogens (tertiary/aromatic N) is 6. The van der Waals surface area contributed by atoms with Gasteiger partial charge in [-0.3, -0.25) is 9.48 Å². The van der Waals surface area contributed by atoms with Crippen molar-refractivity contribution in [3.8, 4) is 0 Å². The first-order valence-electron chi connectivity index (χ1n) is 8.89. The number of carbonyl (C=O) groups excluding carboxylic acids is 1. The maximum absolute atomic E-state index is 12.3. The van der Waals surface area contributed by atoms with Crippen LogP contribution in [-0.4, -0.2) is 55.7 Å². The Balaban J connectivity index is 1.68. The first-order chi connectivity index (χ1) is 11.7. The highest BCUT2D eigenvalue weighted by Gasteiger charge is 2.40. The summed E-state index contributed by atoms with van der Waals surface area (Å²) in [6.45, 7) is 3.83. The number of amides is 1. The zero-order valence-electron chi connectivity index (χ0n) is 14.4. The van der Waals surface area contributed by atoms with Crippen LogP contribution in [-0.2, 0) is 11.8 Å². The Labute approximate surface area is 141 Å². The Morgan fingerprint density at radius 2 is 2.00 bits per heavy atom. The van der Waals surface area contributed by atoms with Gasteiger partial charge in [-0.1, -0.05) is 6.92 Å². The molecular weight excluding hydrogens is 304 g/mol. The summed E-state index contributed by atoms with van der Waals surface area (Å²) in [5, 5.41) is 5.33. The zero-order chi connectivity index (χ0) is 16.7. The molecule has 7 nitrogen and oxygen atoms in total. The zero-order valence-corrected chi connectivity index (χ0v) is 14.4. The van der Waals surface area contributed by atoms with Gasteiger partial charge in [-0.15, -0.1) is 0 Å². The summed E-state index contributed by atoms with van der Waals surface area (Å²) in [4.78, 5) is 25.7. The molecule has 0 unspecified atom stereocenters. The van der Waals surface area contributed by atoms with Gasteiger partial charge < -0.3 is 9.80 Å². The number of aromatic nitrogens is 4.